The molecule has 3 rings (SSSR count). The van der Waals surface area contributed by atoms with E-state index in [1.807, 2.05) is 50.2 Å². The summed E-state index contributed by atoms with van der Waals surface area (Å²) in [6.45, 7) is 7.85. The van der Waals surface area contributed by atoms with E-state index in [1.54, 1.807) is 19.3 Å². The third-order valence-electron chi connectivity index (χ3n) is 4.59. The summed E-state index contributed by atoms with van der Waals surface area (Å²) in [4.78, 5) is 12.9. The van der Waals surface area contributed by atoms with Crippen LogP contribution in [0.2, 0.25) is 0 Å². The molecule has 0 bridgehead atoms. The number of allylic oxidation sites excluding steroid dienone is 1. The van der Waals surface area contributed by atoms with Crippen molar-refractivity contribution < 1.29 is 14.3 Å². The van der Waals surface area contributed by atoms with Gasteiger partial charge in [0, 0.05) is 17.5 Å². The Morgan fingerprint density at radius 2 is 2.12 bits per heavy atom. The molecule has 4 nitrogen and oxygen atoms in total. The summed E-state index contributed by atoms with van der Waals surface area (Å²) in [7, 11) is 1.63. The van der Waals surface area contributed by atoms with Crippen molar-refractivity contribution in [2.75, 3.05) is 7.11 Å². The molecule has 4 heteroatoms. The predicted molar refractivity (Wildman–Crippen MR) is 103 cm³/mol. The molecular formula is C22H25NO3. The van der Waals surface area contributed by atoms with Gasteiger partial charge in [0.25, 0.3) is 5.91 Å². The first-order valence-electron chi connectivity index (χ1n) is 8.80. The van der Waals surface area contributed by atoms with Gasteiger partial charge >= 0.3 is 0 Å². The number of carbonyl (C=O) groups is 1. The van der Waals surface area contributed by atoms with Gasteiger partial charge in [-0.15, -0.1) is 6.58 Å². The zero-order chi connectivity index (χ0) is 18.7. The Bertz CT molecular complexity index is 826. The molecule has 0 fully saturated rings. The normalized spacial score (nSPS) is 17.6. The molecule has 0 unspecified atom stereocenters. The summed E-state index contributed by atoms with van der Waals surface area (Å²) in [5.41, 5.74) is 2.24. The van der Waals surface area contributed by atoms with Crippen molar-refractivity contribution in [3.8, 4) is 11.5 Å². The monoisotopic (exact) mass is 351 g/mol. The van der Waals surface area contributed by atoms with E-state index >= 15 is 0 Å². The number of fused-ring (bicyclic) bond motifs is 1. The van der Waals surface area contributed by atoms with Gasteiger partial charge in [0.1, 0.15) is 17.1 Å². The number of nitrogens with one attached hydrogen (secondary N) is 1. The lowest BCUT2D eigenvalue weighted by Crippen LogP contribution is -2.41. The number of ether oxygens (including phenoxy) is 2. The summed E-state index contributed by atoms with van der Waals surface area (Å²) < 4.78 is 11.4. The van der Waals surface area contributed by atoms with E-state index in [1.165, 1.54) is 0 Å². The Labute approximate surface area is 154 Å². The highest BCUT2D eigenvalue weighted by Gasteiger charge is 2.34. The molecule has 1 aliphatic heterocycles. The Morgan fingerprint density at radius 3 is 2.85 bits per heavy atom. The van der Waals surface area contributed by atoms with Gasteiger partial charge < -0.3 is 14.8 Å². The second kappa shape index (κ2) is 7.24. The summed E-state index contributed by atoms with van der Waals surface area (Å²) in [5, 5.41) is 3.17. The molecule has 1 N–H and O–H groups in total. The minimum atomic E-state index is -0.333. The Balaban J connectivity index is 1.86. The molecule has 1 amide bonds. The van der Waals surface area contributed by atoms with Gasteiger partial charge in [0.05, 0.1) is 13.2 Å². The van der Waals surface area contributed by atoms with Gasteiger partial charge in [0.15, 0.2) is 0 Å². The standard InChI is InChI=1S/C22H25NO3/c1-5-8-15-13-16(11-12-19(15)25-4)21(24)23-18-14-22(2,3)26-20-10-7-6-9-17(18)20/h5-7,9-13,18H,1,8,14H2,2-4H3,(H,23,24)/t18-/m0/s1. The quantitative estimate of drug-likeness (QED) is 0.809. The zero-order valence-electron chi connectivity index (χ0n) is 15.5. The van der Waals surface area contributed by atoms with Crippen molar-refractivity contribution in [2.24, 2.45) is 0 Å². The van der Waals surface area contributed by atoms with Gasteiger partial charge in [-0.2, -0.15) is 0 Å². The summed E-state index contributed by atoms with van der Waals surface area (Å²) in [5.74, 6) is 1.49. The van der Waals surface area contributed by atoms with E-state index in [-0.39, 0.29) is 17.6 Å². The third kappa shape index (κ3) is 3.74. The minimum absolute atomic E-state index is 0.0904. The zero-order valence-corrected chi connectivity index (χ0v) is 15.5. The van der Waals surface area contributed by atoms with E-state index in [0.29, 0.717) is 18.4 Å². The van der Waals surface area contributed by atoms with Crippen LogP contribution in [-0.2, 0) is 6.42 Å². The van der Waals surface area contributed by atoms with Crippen molar-refractivity contribution in [3.05, 3.63) is 71.8 Å². The van der Waals surface area contributed by atoms with Crippen LogP contribution in [0.25, 0.3) is 0 Å². The molecule has 0 spiro atoms. The smallest absolute Gasteiger partial charge is 0.251 e. The molecule has 1 aliphatic rings. The van der Waals surface area contributed by atoms with Crippen LogP contribution in [0.15, 0.2) is 55.1 Å². The fourth-order valence-electron chi connectivity index (χ4n) is 3.41. The van der Waals surface area contributed by atoms with Crippen LogP contribution in [-0.4, -0.2) is 18.6 Å². The largest absolute Gasteiger partial charge is 0.496 e. The first kappa shape index (κ1) is 18.1. The van der Waals surface area contributed by atoms with E-state index in [2.05, 4.69) is 11.9 Å². The van der Waals surface area contributed by atoms with Gasteiger partial charge in [-0.3, -0.25) is 4.79 Å². The van der Waals surface area contributed by atoms with Crippen LogP contribution < -0.4 is 14.8 Å². The maximum atomic E-state index is 12.9. The molecule has 0 aliphatic carbocycles. The fourth-order valence-corrected chi connectivity index (χ4v) is 3.41. The molecule has 1 atom stereocenters. The van der Waals surface area contributed by atoms with Crippen LogP contribution in [0.4, 0.5) is 0 Å². The first-order chi connectivity index (χ1) is 12.4. The van der Waals surface area contributed by atoms with E-state index in [4.69, 9.17) is 9.47 Å². The lowest BCUT2D eigenvalue weighted by atomic mass is 9.89. The average Bonchev–Trinajstić information content (AvgIpc) is 2.61. The molecule has 0 radical (unpaired) electrons. The number of amides is 1. The summed E-state index contributed by atoms with van der Waals surface area (Å²) >= 11 is 0. The van der Waals surface area contributed by atoms with E-state index in [0.717, 1.165) is 22.6 Å². The van der Waals surface area contributed by atoms with Crippen LogP contribution in [0, 0.1) is 0 Å². The number of para-hydroxylation sites is 1. The maximum Gasteiger partial charge on any atom is 0.251 e. The number of hydrogen-bond acceptors (Lipinski definition) is 3. The highest BCUT2D eigenvalue weighted by molar-refractivity contribution is 5.95. The predicted octanol–water partition coefficient (Wildman–Crippen LogP) is 4.46. The third-order valence-corrected chi connectivity index (χ3v) is 4.59. The van der Waals surface area contributed by atoms with Gasteiger partial charge in [-0.25, -0.2) is 0 Å². The van der Waals surface area contributed by atoms with Gasteiger partial charge in [-0.1, -0.05) is 24.3 Å². The molecule has 1 heterocycles. The highest BCUT2D eigenvalue weighted by atomic mass is 16.5. The first-order valence-corrected chi connectivity index (χ1v) is 8.80. The molecule has 2 aromatic rings. The lowest BCUT2D eigenvalue weighted by Gasteiger charge is -2.37. The minimum Gasteiger partial charge on any atom is -0.496 e. The van der Waals surface area contributed by atoms with Crippen LogP contribution in [0.1, 0.15) is 47.8 Å². The topological polar surface area (TPSA) is 47.6 Å². The maximum absolute atomic E-state index is 12.9. The second-order valence-electron chi connectivity index (χ2n) is 7.15. The second-order valence-corrected chi connectivity index (χ2v) is 7.15. The van der Waals surface area contributed by atoms with Gasteiger partial charge in [0.2, 0.25) is 0 Å². The van der Waals surface area contributed by atoms with Crippen LogP contribution >= 0.6 is 0 Å². The van der Waals surface area contributed by atoms with Crippen molar-refractivity contribution in [3.63, 3.8) is 0 Å². The average molecular weight is 351 g/mol. The molecule has 0 aromatic heterocycles. The van der Waals surface area contributed by atoms with Crippen molar-refractivity contribution in [1.29, 1.82) is 0 Å². The Morgan fingerprint density at radius 1 is 1.35 bits per heavy atom. The SMILES string of the molecule is C=CCc1cc(C(=O)N[C@H]2CC(C)(C)Oc3ccccc32)ccc1OC. The number of benzene rings is 2. The van der Waals surface area contributed by atoms with Crippen LogP contribution in [0.3, 0.4) is 0 Å². The molecule has 0 saturated carbocycles. The molecule has 0 saturated heterocycles. The number of hydrogen-bond donors (Lipinski definition) is 1. The molecule has 136 valence electrons. The molecule has 2 aromatic carbocycles. The van der Waals surface area contributed by atoms with E-state index in [9.17, 15) is 4.79 Å². The Kier molecular flexibility index (Phi) is 5.03. The number of rotatable bonds is 5. The molecular weight excluding hydrogens is 326 g/mol. The highest BCUT2D eigenvalue weighted by Crippen LogP contribution is 2.39. The van der Waals surface area contributed by atoms with Crippen molar-refractivity contribution in [2.45, 2.75) is 38.3 Å². The van der Waals surface area contributed by atoms with Crippen LogP contribution in [0.5, 0.6) is 11.5 Å². The lowest BCUT2D eigenvalue weighted by molar-refractivity contribution is 0.0619. The Hall–Kier alpha value is -2.75. The van der Waals surface area contributed by atoms with E-state index < -0.39 is 0 Å². The van der Waals surface area contributed by atoms with Crippen molar-refractivity contribution in [1.82, 2.24) is 5.32 Å². The number of methoxy groups -OCH3 is 1. The summed E-state index contributed by atoms with van der Waals surface area (Å²) in [6, 6.07) is 13.3. The van der Waals surface area contributed by atoms with Crippen molar-refractivity contribution >= 4 is 5.91 Å². The molecule has 26 heavy (non-hydrogen) atoms. The number of carbonyl (C=O) groups excluding carboxylic acids is 1. The van der Waals surface area contributed by atoms with Gasteiger partial charge in [-0.05, 0) is 50.1 Å². The fraction of sp³-hybridized carbons (Fsp3) is 0.318. The summed E-state index contributed by atoms with van der Waals surface area (Å²) in [6.07, 6.45) is 3.17.